The fraction of sp³-hybridized carbons (Fsp3) is 0.0294. The summed E-state index contributed by atoms with van der Waals surface area (Å²) in [5, 5.41) is 8.93. The van der Waals surface area contributed by atoms with Gasteiger partial charge in [-0.25, -0.2) is 5.01 Å². The second-order valence-corrected chi connectivity index (χ2v) is 13.2. The summed E-state index contributed by atoms with van der Waals surface area (Å²) >= 11 is 0. The third-order valence-electron chi connectivity index (χ3n) is 7.74. The Morgan fingerprint density at radius 3 is 1.52 bits per heavy atom. The summed E-state index contributed by atoms with van der Waals surface area (Å²) in [5.41, 5.74) is 3.75. The van der Waals surface area contributed by atoms with E-state index < -0.39 is 12.5 Å². The second kappa shape index (κ2) is 9.41. The number of fused-ring (bicyclic) bond motifs is 2. The molecular formula is C34H26N3O2P. The smallest absolute Gasteiger partial charge is 0.277 e. The van der Waals surface area contributed by atoms with Crippen molar-refractivity contribution in [3.8, 4) is 0 Å². The molecule has 2 N–H and O–H groups in total. The molecule has 5 nitrogen and oxygen atoms in total. The quantitative estimate of drug-likeness (QED) is 0.328. The molecule has 5 aromatic rings. The van der Waals surface area contributed by atoms with Gasteiger partial charge in [0.1, 0.15) is 0 Å². The maximum absolute atomic E-state index is 14.6. The van der Waals surface area contributed by atoms with Crippen molar-refractivity contribution in [1.82, 2.24) is 10.4 Å². The third-order valence-corrected chi connectivity index (χ3v) is 12.2. The van der Waals surface area contributed by atoms with Gasteiger partial charge in [-0.15, -0.1) is 0 Å². The Labute approximate surface area is 233 Å². The molecule has 0 radical (unpaired) electrons. The van der Waals surface area contributed by atoms with Crippen molar-refractivity contribution in [2.24, 2.45) is 0 Å². The van der Waals surface area contributed by atoms with Gasteiger partial charge in [0.2, 0.25) is 0 Å². The molecule has 0 aromatic heterocycles. The highest BCUT2D eigenvalue weighted by atomic mass is 31.2. The second-order valence-electron chi connectivity index (χ2n) is 9.85. The van der Waals surface area contributed by atoms with Crippen LogP contribution < -0.4 is 26.7 Å². The van der Waals surface area contributed by atoms with Crippen LogP contribution in [0.4, 0.5) is 5.69 Å². The number of hydrogen-bond acceptors (Lipinski definition) is 3. The van der Waals surface area contributed by atoms with Gasteiger partial charge in [0.15, 0.2) is 5.66 Å². The molecule has 0 aliphatic carbocycles. The van der Waals surface area contributed by atoms with E-state index in [1.54, 1.807) is 6.07 Å². The third kappa shape index (κ3) is 3.35. The maximum Gasteiger partial charge on any atom is 0.277 e. The van der Waals surface area contributed by atoms with E-state index in [2.05, 4.69) is 47.1 Å². The van der Waals surface area contributed by atoms with Gasteiger partial charge in [-0.1, -0.05) is 133 Å². The number of nitrogens with zero attached hydrogens (tertiary/aromatic N) is 1. The van der Waals surface area contributed by atoms with Gasteiger partial charge in [0, 0.05) is 11.3 Å². The Kier molecular flexibility index (Phi) is 5.69. The number of carbonyl (C=O) groups is 2. The van der Waals surface area contributed by atoms with Crippen LogP contribution in [0, 0.1) is 0 Å². The molecule has 2 aliphatic rings. The van der Waals surface area contributed by atoms with Crippen LogP contribution in [0.5, 0.6) is 0 Å². The molecule has 1 fully saturated rings. The molecule has 2 heterocycles. The SMILES string of the molecule is O=C1NN2C(=O)c3ccccc3NC2(c2ccccc2)C1=P(c1ccccc1)(c1ccccc1)c1ccccc1. The molecule has 0 spiro atoms. The molecule has 194 valence electrons. The summed E-state index contributed by atoms with van der Waals surface area (Å²) in [7, 11) is 0. The number of anilines is 1. The van der Waals surface area contributed by atoms with E-state index in [-0.39, 0.29) is 11.8 Å². The Hall–Kier alpha value is -4.86. The van der Waals surface area contributed by atoms with Crippen LogP contribution in [-0.4, -0.2) is 22.1 Å². The summed E-state index contributed by atoms with van der Waals surface area (Å²) in [4.78, 5) is 28.8. The van der Waals surface area contributed by atoms with E-state index in [1.807, 2.05) is 103 Å². The van der Waals surface area contributed by atoms with Crippen molar-refractivity contribution in [2.45, 2.75) is 5.66 Å². The highest BCUT2D eigenvalue weighted by Crippen LogP contribution is 2.54. The summed E-state index contributed by atoms with van der Waals surface area (Å²) in [6.07, 6.45) is 0. The zero-order valence-electron chi connectivity index (χ0n) is 21.6. The average Bonchev–Trinajstić information content (AvgIpc) is 3.33. The minimum atomic E-state index is -2.87. The number of hydrogen-bond donors (Lipinski definition) is 2. The molecule has 5 aromatic carbocycles. The molecule has 1 unspecified atom stereocenters. The molecule has 0 bridgehead atoms. The summed E-state index contributed by atoms with van der Waals surface area (Å²) in [5.74, 6) is -0.531. The Morgan fingerprint density at radius 1 is 0.550 bits per heavy atom. The maximum atomic E-state index is 14.6. The molecule has 2 amide bonds. The van der Waals surface area contributed by atoms with Gasteiger partial charge in [-0.05, 0) is 34.9 Å². The van der Waals surface area contributed by atoms with Crippen LogP contribution in [0.3, 0.4) is 0 Å². The minimum absolute atomic E-state index is 0.256. The number of hydrazine groups is 1. The Balaban J connectivity index is 1.74. The summed E-state index contributed by atoms with van der Waals surface area (Å²) in [6, 6.07) is 48.0. The zero-order valence-corrected chi connectivity index (χ0v) is 22.5. The lowest BCUT2D eigenvalue weighted by molar-refractivity contribution is -0.116. The molecule has 0 saturated carbocycles. The predicted octanol–water partition coefficient (Wildman–Crippen LogP) is 4.62. The molecule has 1 atom stereocenters. The van der Waals surface area contributed by atoms with Crippen molar-refractivity contribution in [3.05, 3.63) is 157 Å². The van der Waals surface area contributed by atoms with Gasteiger partial charge in [-0.3, -0.25) is 15.0 Å². The van der Waals surface area contributed by atoms with E-state index in [4.69, 9.17) is 0 Å². The Bertz CT molecular complexity index is 1690. The van der Waals surface area contributed by atoms with Crippen LogP contribution in [0.1, 0.15) is 15.9 Å². The number of para-hydroxylation sites is 1. The van der Waals surface area contributed by atoms with E-state index in [9.17, 15) is 9.59 Å². The van der Waals surface area contributed by atoms with Gasteiger partial charge in [0.25, 0.3) is 11.8 Å². The first-order valence-corrected chi connectivity index (χ1v) is 15.0. The van der Waals surface area contributed by atoms with Crippen molar-refractivity contribution in [3.63, 3.8) is 0 Å². The Morgan fingerprint density at radius 2 is 1.00 bits per heavy atom. The number of nitrogens with one attached hydrogen (secondary N) is 2. The number of benzene rings is 5. The fourth-order valence-electron chi connectivity index (χ4n) is 6.12. The van der Waals surface area contributed by atoms with Gasteiger partial charge in [0.05, 0.1) is 10.9 Å². The number of amides is 2. The average molecular weight is 540 g/mol. The molecule has 2 aliphatic heterocycles. The van der Waals surface area contributed by atoms with E-state index in [0.717, 1.165) is 21.5 Å². The number of carbonyl (C=O) groups excluding carboxylic acids is 2. The van der Waals surface area contributed by atoms with Crippen LogP contribution in [0.15, 0.2) is 146 Å². The molecule has 40 heavy (non-hydrogen) atoms. The lowest BCUT2D eigenvalue weighted by Gasteiger charge is -2.45. The summed E-state index contributed by atoms with van der Waals surface area (Å²) < 4.78 is 0. The lowest BCUT2D eigenvalue weighted by Crippen LogP contribution is -2.60. The zero-order chi connectivity index (χ0) is 27.2. The van der Waals surface area contributed by atoms with Gasteiger partial charge < -0.3 is 5.32 Å². The van der Waals surface area contributed by atoms with Crippen molar-refractivity contribution in [2.75, 3.05) is 5.32 Å². The normalized spacial score (nSPS) is 18.0. The first-order valence-electron chi connectivity index (χ1n) is 13.2. The minimum Gasteiger partial charge on any atom is -0.353 e. The highest BCUT2D eigenvalue weighted by Gasteiger charge is 2.60. The van der Waals surface area contributed by atoms with Gasteiger partial charge in [-0.2, -0.15) is 0 Å². The van der Waals surface area contributed by atoms with Crippen molar-refractivity contribution < 1.29 is 9.59 Å². The van der Waals surface area contributed by atoms with Gasteiger partial charge >= 0.3 is 0 Å². The first kappa shape index (κ1) is 24.2. The van der Waals surface area contributed by atoms with Crippen LogP contribution in [0.25, 0.3) is 0 Å². The topological polar surface area (TPSA) is 61.4 Å². The molecular weight excluding hydrogens is 513 g/mol. The van der Waals surface area contributed by atoms with Crippen LogP contribution in [0.2, 0.25) is 0 Å². The van der Waals surface area contributed by atoms with Crippen molar-refractivity contribution in [1.29, 1.82) is 0 Å². The predicted molar refractivity (Wildman–Crippen MR) is 163 cm³/mol. The molecule has 7 rings (SSSR count). The van der Waals surface area contributed by atoms with E-state index in [0.29, 0.717) is 16.5 Å². The molecule has 1 saturated heterocycles. The first-order chi connectivity index (χ1) is 19.7. The largest absolute Gasteiger partial charge is 0.353 e. The van der Waals surface area contributed by atoms with E-state index in [1.165, 1.54) is 5.01 Å². The fourth-order valence-corrected chi connectivity index (χ4v) is 10.8. The monoisotopic (exact) mass is 539 g/mol. The van der Waals surface area contributed by atoms with Crippen LogP contribution >= 0.6 is 6.89 Å². The lowest BCUT2D eigenvalue weighted by atomic mass is 9.92. The van der Waals surface area contributed by atoms with Crippen molar-refractivity contribution >= 4 is 45.6 Å². The van der Waals surface area contributed by atoms with E-state index >= 15 is 0 Å². The standard InChI is InChI=1S/C34H26N3O2P/c38-32-31(34(25-15-5-1-6-16-25)35-30-24-14-13-23-29(30)33(39)37(34)36-32)40(26-17-7-2-8-18-26,27-19-9-3-10-20-27)28-21-11-4-12-22-28/h1-24,35H,(H,36,38). The highest BCUT2D eigenvalue weighted by molar-refractivity contribution is 7.96. The van der Waals surface area contributed by atoms with Crippen LogP contribution in [-0.2, 0) is 10.5 Å². The molecule has 6 heteroatoms. The number of rotatable bonds is 4. The summed E-state index contributed by atoms with van der Waals surface area (Å²) in [6.45, 7) is -2.87.